The number of fused-ring (bicyclic) bond motifs is 1. The molecular weight excluding hydrogens is 383 g/mol. The van der Waals surface area contributed by atoms with Gasteiger partial charge in [-0.3, -0.25) is 0 Å². The molecule has 4 nitrogen and oxygen atoms in total. The molecule has 2 aromatic heterocycles. The standard InChI is InChI=1S/C23H21FN4S/c24-19-9-4-5-11-22(19)28-21-12-6-10-20(18(21)15-27-28)25-13-17-14-26-23(29-17)16-7-2-1-3-8-16/h1-5,7-9,11,14-15,20,25H,6,10,12-13H2/t20-/m1/s1. The second kappa shape index (κ2) is 7.89. The zero-order valence-corrected chi connectivity index (χ0v) is 16.7. The highest BCUT2D eigenvalue weighted by Crippen LogP contribution is 2.32. The number of halogens is 1. The number of hydrogen-bond donors (Lipinski definition) is 1. The summed E-state index contributed by atoms with van der Waals surface area (Å²) in [5.74, 6) is -0.244. The van der Waals surface area contributed by atoms with Crippen molar-refractivity contribution < 1.29 is 4.39 Å². The van der Waals surface area contributed by atoms with Gasteiger partial charge < -0.3 is 5.32 Å². The predicted octanol–water partition coefficient (Wildman–Crippen LogP) is 5.30. The number of para-hydroxylation sites is 1. The molecule has 146 valence electrons. The Balaban J connectivity index is 1.33. The van der Waals surface area contributed by atoms with Crippen molar-refractivity contribution in [3.63, 3.8) is 0 Å². The Morgan fingerprint density at radius 3 is 2.76 bits per heavy atom. The monoisotopic (exact) mass is 404 g/mol. The molecule has 1 N–H and O–H groups in total. The van der Waals surface area contributed by atoms with Crippen molar-refractivity contribution in [1.82, 2.24) is 20.1 Å². The van der Waals surface area contributed by atoms with E-state index in [2.05, 4.69) is 27.5 Å². The topological polar surface area (TPSA) is 42.7 Å². The minimum Gasteiger partial charge on any atom is -0.305 e. The predicted molar refractivity (Wildman–Crippen MR) is 114 cm³/mol. The molecule has 1 atom stereocenters. The Hall–Kier alpha value is -2.83. The summed E-state index contributed by atoms with van der Waals surface area (Å²) in [5.41, 5.74) is 3.94. The van der Waals surface area contributed by atoms with Gasteiger partial charge in [0, 0.05) is 40.5 Å². The number of aromatic nitrogens is 3. The Bertz CT molecular complexity index is 1120. The van der Waals surface area contributed by atoms with E-state index < -0.39 is 0 Å². The Labute approximate surface area is 173 Å². The first-order valence-electron chi connectivity index (χ1n) is 9.85. The van der Waals surface area contributed by atoms with E-state index in [-0.39, 0.29) is 11.9 Å². The van der Waals surface area contributed by atoms with E-state index in [9.17, 15) is 4.39 Å². The number of benzene rings is 2. The van der Waals surface area contributed by atoms with E-state index in [1.165, 1.54) is 16.5 Å². The van der Waals surface area contributed by atoms with Crippen molar-refractivity contribution in [2.75, 3.05) is 0 Å². The molecule has 6 heteroatoms. The van der Waals surface area contributed by atoms with Gasteiger partial charge in [0.1, 0.15) is 16.5 Å². The van der Waals surface area contributed by atoms with Gasteiger partial charge in [-0.2, -0.15) is 5.10 Å². The first-order valence-corrected chi connectivity index (χ1v) is 10.7. The van der Waals surface area contributed by atoms with Crippen LogP contribution < -0.4 is 5.32 Å². The zero-order chi connectivity index (χ0) is 19.6. The summed E-state index contributed by atoms with van der Waals surface area (Å²) in [5, 5.41) is 9.21. The van der Waals surface area contributed by atoms with E-state index >= 15 is 0 Å². The Morgan fingerprint density at radius 1 is 1.07 bits per heavy atom. The highest BCUT2D eigenvalue weighted by molar-refractivity contribution is 7.15. The molecule has 0 unspecified atom stereocenters. The van der Waals surface area contributed by atoms with Crippen molar-refractivity contribution >= 4 is 11.3 Å². The summed E-state index contributed by atoms with van der Waals surface area (Å²) in [6, 6.07) is 17.3. The third kappa shape index (κ3) is 3.61. The van der Waals surface area contributed by atoms with Crippen LogP contribution in [0, 0.1) is 5.82 Å². The molecular formula is C23H21FN4S. The first kappa shape index (κ1) is 18.2. The molecule has 4 aromatic rings. The van der Waals surface area contributed by atoms with E-state index in [4.69, 9.17) is 0 Å². The third-order valence-corrected chi connectivity index (χ3v) is 6.41. The van der Waals surface area contributed by atoms with Gasteiger partial charge in [-0.1, -0.05) is 42.5 Å². The van der Waals surface area contributed by atoms with Crippen molar-refractivity contribution in [3.05, 3.63) is 88.9 Å². The highest BCUT2D eigenvalue weighted by Gasteiger charge is 2.25. The SMILES string of the molecule is Fc1ccccc1-n1ncc2c1CCC[C@H]2NCc1cnc(-c2ccccc2)s1. The fraction of sp³-hybridized carbons (Fsp3) is 0.217. The lowest BCUT2D eigenvalue weighted by Gasteiger charge is -2.24. The van der Waals surface area contributed by atoms with E-state index in [0.717, 1.165) is 42.1 Å². The maximum absolute atomic E-state index is 14.2. The molecule has 0 bridgehead atoms. The van der Waals surface area contributed by atoms with Crippen LogP contribution in [0.4, 0.5) is 4.39 Å². The van der Waals surface area contributed by atoms with Crippen molar-refractivity contribution in [3.8, 4) is 16.3 Å². The molecule has 0 aliphatic heterocycles. The second-order valence-corrected chi connectivity index (χ2v) is 8.35. The maximum atomic E-state index is 14.2. The molecule has 29 heavy (non-hydrogen) atoms. The number of thiazole rings is 1. The van der Waals surface area contributed by atoms with Crippen LogP contribution in [-0.2, 0) is 13.0 Å². The molecule has 1 aliphatic carbocycles. The number of nitrogens with one attached hydrogen (secondary N) is 1. The maximum Gasteiger partial charge on any atom is 0.148 e. The van der Waals surface area contributed by atoms with Crippen molar-refractivity contribution in [2.24, 2.45) is 0 Å². The lowest BCUT2D eigenvalue weighted by molar-refractivity contribution is 0.455. The van der Waals surface area contributed by atoms with Gasteiger partial charge in [-0.05, 0) is 31.4 Å². The molecule has 2 heterocycles. The summed E-state index contributed by atoms with van der Waals surface area (Å²) in [6.07, 6.45) is 6.87. The zero-order valence-electron chi connectivity index (χ0n) is 15.9. The van der Waals surface area contributed by atoms with Gasteiger partial charge in [0.15, 0.2) is 0 Å². The fourth-order valence-corrected chi connectivity index (χ4v) is 4.80. The normalized spacial score (nSPS) is 16.0. The van der Waals surface area contributed by atoms with E-state index in [0.29, 0.717) is 5.69 Å². The summed E-state index contributed by atoms with van der Waals surface area (Å²) in [4.78, 5) is 5.77. The molecule has 2 aromatic carbocycles. The van der Waals surface area contributed by atoms with Gasteiger partial charge in [0.25, 0.3) is 0 Å². The fourth-order valence-electron chi connectivity index (χ4n) is 3.93. The van der Waals surface area contributed by atoms with Gasteiger partial charge in [0.05, 0.1) is 6.20 Å². The molecule has 5 rings (SSSR count). The molecule has 0 amide bonds. The first-order chi connectivity index (χ1) is 14.3. The minimum atomic E-state index is -0.244. The second-order valence-electron chi connectivity index (χ2n) is 7.23. The van der Waals surface area contributed by atoms with Crippen LogP contribution in [0.15, 0.2) is 67.0 Å². The van der Waals surface area contributed by atoms with Gasteiger partial charge in [0.2, 0.25) is 0 Å². The van der Waals surface area contributed by atoms with Crippen molar-refractivity contribution in [1.29, 1.82) is 0 Å². The largest absolute Gasteiger partial charge is 0.305 e. The summed E-state index contributed by atoms with van der Waals surface area (Å²) >= 11 is 1.72. The quantitative estimate of drug-likeness (QED) is 0.491. The number of rotatable bonds is 5. The number of hydrogen-bond acceptors (Lipinski definition) is 4. The van der Waals surface area contributed by atoms with Gasteiger partial charge in [-0.25, -0.2) is 14.1 Å². The lowest BCUT2D eigenvalue weighted by atomic mass is 9.93. The van der Waals surface area contributed by atoms with Crippen LogP contribution in [0.1, 0.15) is 35.0 Å². The van der Waals surface area contributed by atoms with Crippen LogP contribution in [0.5, 0.6) is 0 Å². The van der Waals surface area contributed by atoms with E-state index in [1.807, 2.05) is 36.7 Å². The molecule has 0 saturated heterocycles. The van der Waals surface area contributed by atoms with Crippen molar-refractivity contribution in [2.45, 2.75) is 31.8 Å². The third-order valence-electron chi connectivity index (χ3n) is 5.36. The summed E-state index contributed by atoms with van der Waals surface area (Å²) in [6.45, 7) is 0.763. The molecule has 0 spiro atoms. The van der Waals surface area contributed by atoms with Gasteiger partial charge in [-0.15, -0.1) is 11.3 Å². The van der Waals surface area contributed by atoms with E-state index in [1.54, 1.807) is 28.2 Å². The summed E-state index contributed by atoms with van der Waals surface area (Å²) in [7, 11) is 0. The Morgan fingerprint density at radius 2 is 1.90 bits per heavy atom. The van der Waals surface area contributed by atoms with Crippen LogP contribution in [0.2, 0.25) is 0 Å². The number of nitrogens with zero attached hydrogens (tertiary/aromatic N) is 3. The average molecular weight is 405 g/mol. The molecule has 0 saturated carbocycles. The van der Waals surface area contributed by atoms with Gasteiger partial charge >= 0.3 is 0 Å². The van der Waals surface area contributed by atoms with Crippen LogP contribution >= 0.6 is 11.3 Å². The molecule has 0 radical (unpaired) electrons. The average Bonchev–Trinajstić information content (AvgIpc) is 3.41. The molecule has 1 aliphatic rings. The van der Waals surface area contributed by atoms with Crippen LogP contribution in [0.3, 0.4) is 0 Å². The summed E-state index contributed by atoms with van der Waals surface area (Å²) < 4.78 is 16.0. The Kier molecular flexibility index (Phi) is 4.96. The van der Waals surface area contributed by atoms with Crippen LogP contribution in [0.25, 0.3) is 16.3 Å². The molecule has 0 fully saturated rings. The highest BCUT2D eigenvalue weighted by atomic mass is 32.1. The smallest absolute Gasteiger partial charge is 0.148 e. The lowest BCUT2D eigenvalue weighted by Crippen LogP contribution is -2.24. The van der Waals surface area contributed by atoms with Crippen LogP contribution in [-0.4, -0.2) is 14.8 Å². The minimum absolute atomic E-state index is 0.224.